The second kappa shape index (κ2) is 23.6. The molecule has 0 unspecified atom stereocenters. The van der Waals surface area contributed by atoms with Crippen molar-refractivity contribution in [3.63, 3.8) is 0 Å². The van der Waals surface area contributed by atoms with Gasteiger partial charge in [0.25, 0.3) is 0 Å². The molecule has 2 heterocycles. The molecule has 0 saturated carbocycles. The Labute approximate surface area is 300 Å². The van der Waals surface area contributed by atoms with Gasteiger partial charge in [0.05, 0.1) is 13.2 Å². The number of hydrogen-bond donors (Lipinski definition) is 0. The van der Waals surface area contributed by atoms with Gasteiger partial charge in [-0.3, -0.25) is 0 Å². The van der Waals surface area contributed by atoms with Crippen molar-refractivity contribution in [2.24, 2.45) is 0 Å². The zero-order valence-electron chi connectivity index (χ0n) is 29.7. The van der Waals surface area contributed by atoms with Crippen molar-refractivity contribution >= 4 is 22.7 Å². The van der Waals surface area contributed by atoms with E-state index in [1.54, 1.807) is 0 Å². The summed E-state index contributed by atoms with van der Waals surface area (Å²) in [5, 5.41) is 0. The monoisotopic (exact) mass is 682 g/mol. The number of unbranched alkanes of at least 4 members (excludes halogenated alkanes) is 12. The maximum atomic E-state index is 5.91. The standard InChI is InChI=1S/C44H58O2S2/c1-3-5-7-9-11-13-15-33-45-35-31-41-27-29-43(47-41)39-23-19-37(20-24-39)17-18-38-21-25-40(26-22-38)44-30-28-42(48-44)32-36-46-34-16-14-12-10-8-6-4-2/h19-30H,3-16,31-36H2,1-2H3. The first-order valence-corrected chi connectivity index (χ1v) is 20.4. The van der Waals surface area contributed by atoms with E-state index in [2.05, 4.69) is 98.5 Å². The Kier molecular flexibility index (Phi) is 18.8. The van der Waals surface area contributed by atoms with Gasteiger partial charge in [0.2, 0.25) is 0 Å². The van der Waals surface area contributed by atoms with E-state index in [9.17, 15) is 0 Å². The smallest absolute Gasteiger partial charge is 0.0514 e. The molecule has 0 saturated heterocycles. The predicted octanol–water partition coefficient (Wildman–Crippen LogP) is 13.2. The summed E-state index contributed by atoms with van der Waals surface area (Å²) in [6, 6.07) is 26.3. The molecule has 0 aliphatic heterocycles. The minimum absolute atomic E-state index is 0.814. The van der Waals surface area contributed by atoms with E-state index in [1.165, 1.54) is 121 Å². The molecule has 258 valence electrons. The highest BCUT2D eigenvalue weighted by atomic mass is 32.1. The van der Waals surface area contributed by atoms with Crippen LogP contribution in [0.25, 0.3) is 20.9 Å². The molecule has 0 atom stereocenters. The Bertz CT molecular complexity index is 1340. The molecule has 0 amide bonds. The molecule has 0 aliphatic rings. The summed E-state index contributed by atoms with van der Waals surface area (Å²) in [5.41, 5.74) is 4.58. The lowest BCUT2D eigenvalue weighted by Crippen LogP contribution is -1.99. The summed E-state index contributed by atoms with van der Waals surface area (Å²) >= 11 is 3.74. The lowest BCUT2D eigenvalue weighted by Gasteiger charge is -2.04. The lowest BCUT2D eigenvalue weighted by molar-refractivity contribution is 0.133. The Hall–Kier alpha value is -2.68. The maximum absolute atomic E-state index is 5.91. The Balaban J connectivity index is 1.13. The van der Waals surface area contributed by atoms with Crippen LogP contribution < -0.4 is 0 Å². The molecule has 2 aromatic carbocycles. The SMILES string of the molecule is CCCCCCCCCOCCc1ccc(-c2ccc(C#Cc3ccc(-c4ccc(CCOCCCCCCCCC)s4)cc3)cc2)s1. The molecular formula is C44H58O2S2. The topological polar surface area (TPSA) is 18.5 Å². The van der Waals surface area contributed by atoms with Gasteiger partial charge in [0.1, 0.15) is 0 Å². The van der Waals surface area contributed by atoms with Crippen molar-refractivity contribution in [3.8, 4) is 32.7 Å². The number of benzene rings is 2. The second-order valence-electron chi connectivity index (χ2n) is 12.9. The van der Waals surface area contributed by atoms with E-state index in [0.29, 0.717) is 0 Å². The fraction of sp³-hybridized carbons (Fsp3) is 0.500. The molecule has 0 bridgehead atoms. The van der Waals surface area contributed by atoms with Gasteiger partial charge in [0.15, 0.2) is 0 Å². The van der Waals surface area contributed by atoms with Crippen molar-refractivity contribution < 1.29 is 9.47 Å². The molecule has 0 radical (unpaired) electrons. The van der Waals surface area contributed by atoms with Crippen LogP contribution in [-0.2, 0) is 22.3 Å². The van der Waals surface area contributed by atoms with Crippen LogP contribution in [0.1, 0.15) is 125 Å². The molecule has 0 spiro atoms. The third-order valence-corrected chi connectivity index (χ3v) is 11.2. The third-order valence-electron chi connectivity index (χ3n) is 8.78. The summed E-state index contributed by atoms with van der Waals surface area (Å²) in [6.07, 6.45) is 20.6. The average molecular weight is 683 g/mol. The van der Waals surface area contributed by atoms with Crippen molar-refractivity contribution in [1.29, 1.82) is 0 Å². The van der Waals surface area contributed by atoms with Crippen molar-refractivity contribution in [1.82, 2.24) is 0 Å². The molecule has 0 N–H and O–H groups in total. The first kappa shape index (κ1) is 38.1. The Morgan fingerprint density at radius 2 is 0.792 bits per heavy atom. The van der Waals surface area contributed by atoms with Crippen LogP contribution in [0.2, 0.25) is 0 Å². The van der Waals surface area contributed by atoms with Crippen LogP contribution in [0.3, 0.4) is 0 Å². The van der Waals surface area contributed by atoms with Gasteiger partial charge < -0.3 is 9.47 Å². The molecule has 4 heteroatoms. The van der Waals surface area contributed by atoms with E-state index in [4.69, 9.17) is 9.47 Å². The summed E-state index contributed by atoms with van der Waals surface area (Å²) < 4.78 is 11.8. The fourth-order valence-electron chi connectivity index (χ4n) is 5.79. The van der Waals surface area contributed by atoms with Crippen molar-refractivity contribution in [2.75, 3.05) is 26.4 Å². The van der Waals surface area contributed by atoms with Crippen LogP contribution in [0.4, 0.5) is 0 Å². The normalized spacial score (nSPS) is 11.1. The summed E-state index contributed by atoms with van der Waals surface area (Å²) in [4.78, 5) is 5.39. The largest absolute Gasteiger partial charge is 0.381 e. The first-order chi connectivity index (χ1) is 23.7. The fourth-order valence-corrected chi connectivity index (χ4v) is 7.77. The minimum atomic E-state index is 0.814. The molecule has 4 rings (SSSR count). The van der Waals surface area contributed by atoms with E-state index in [0.717, 1.165) is 50.4 Å². The molecule has 0 fully saturated rings. The summed E-state index contributed by atoms with van der Waals surface area (Å²) in [6.45, 7) is 7.96. The summed E-state index contributed by atoms with van der Waals surface area (Å²) in [5.74, 6) is 6.70. The highest BCUT2D eigenvalue weighted by Crippen LogP contribution is 2.30. The van der Waals surface area contributed by atoms with Crippen LogP contribution in [0, 0.1) is 11.8 Å². The first-order valence-electron chi connectivity index (χ1n) is 18.8. The number of ether oxygens (including phenoxy) is 2. The summed E-state index contributed by atoms with van der Waals surface area (Å²) in [7, 11) is 0. The molecule has 2 nitrogen and oxygen atoms in total. The van der Waals surface area contributed by atoms with E-state index >= 15 is 0 Å². The number of rotatable bonds is 24. The Morgan fingerprint density at radius 1 is 0.417 bits per heavy atom. The van der Waals surface area contributed by atoms with Crippen LogP contribution in [0.15, 0.2) is 72.8 Å². The maximum Gasteiger partial charge on any atom is 0.0514 e. The molecule has 2 aromatic heterocycles. The van der Waals surface area contributed by atoms with E-state index in [-0.39, 0.29) is 0 Å². The minimum Gasteiger partial charge on any atom is -0.381 e. The highest BCUT2D eigenvalue weighted by molar-refractivity contribution is 7.15. The van der Waals surface area contributed by atoms with Gasteiger partial charge in [-0.2, -0.15) is 0 Å². The van der Waals surface area contributed by atoms with E-state index in [1.807, 2.05) is 22.7 Å². The zero-order valence-corrected chi connectivity index (χ0v) is 31.3. The van der Waals surface area contributed by atoms with Crippen LogP contribution in [0.5, 0.6) is 0 Å². The second-order valence-corrected chi connectivity index (χ2v) is 15.2. The number of thiophene rings is 2. The zero-order chi connectivity index (χ0) is 33.5. The number of hydrogen-bond acceptors (Lipinski definition) is 4. The van der Waals surface area contributed by atoms with Gasteiger partial charge in [-0.25, -0.2) is 0 Å². The quantitative estimate of drug-likeness (QED) is 0.0541. The van der Waals surface area contributed by atoms with Gasteiger partial charge in [-0.05, 0) is 72.5 Å². The predicted molar refractivity (Wildman–Crippen MR) is 211 cm³/mol. The van der Waals surface area contributed by atoms with Gasteiger partial charge in [-0.15, -0.1) is 22.7 Å². The van der Waals surface area contributed by atoms with Crippen LogP contribution >= 0.6 is 22.7 Å². The van der Waals surface area contributed by atoms with Crippen molar-refractivity contribution in [3.05, 3.63) is 93.7 Å². The van der Waals surface area contributed by atoms with Crippen LogP contribution in [-0.4, -0.2) is 26.4 Å². The van der Waals surface area contributed by atoms with Gasteiger partial charge in [0, 0.05) is 56.7 Å². The lowest BCUT2D eigenvalue weighted by atomic mass is 10.1. The van der Waals surface area contributed by atoms with Crippen molar-refractivity contribution in [2.45, 2.75) is 117 Å². The highest BCUT2D eigenvalue weighted by Gasteiger charge is 2.05. The molecule has 0 aliphatic carbocycles. The third kappa shape index (κ3) is 14.8. The average Bonchev–Trinajstić information content (AvgIpc) is 3.80. The van der Waals surface area contributed by atoms with Gasteiger partial charge >= 0.3 is 0 Å². The Morgan fingerprint density at radius 3 is 1.19 bits per heavy atom. The molecular weight excluding hydrogens is 625 g/mol. The van der Waals surface area contributed by atoms with Gasteiger partial charge in [-0.1, -0.05) is 127 Å². The van der Waals surface area contributed by atoms with E-state index < -0.39 is 0 Å². The molecule has 4 aromatic rings. The molecule has 48 heavy (non-hydrogen) atoms.